The smallest absolute Gasteiger partial charge is 0.303 e. The predicted octanol–water partition coefficient (Wildman–Crippen LogP) is 34.4. The van der Waals surface area contributed by atoms with E-state index in [-0.39, 0.29) is 0 Å². The van der Waals surface area contributed by atoms with Crippen molar-refractivity contribution in [3.05, 3.63) is 0 Å². The van der Waals surface area contributed by atoms with E-state index in [1.54, 1.807) is 25.7 Å². The summed E-state index contributed by atoms with van der Waals surface area (Å²) >= 11 is 0. The predicted molar refractivity (Wildman–Crippen MR) is 433 cm³/mol. The Hall–Kier alpha value is -1.06. The molecule has 0 saturated heterocycles. The van der Waals surface area contributed by atoms with Gasteiger partial charge in [-0.15, -0.1) is 0 Å². The quantitative estimate of drug-likeness (QED) is 0.0595. The van der Waals surface area contributed by atoms with Crippen molar-refractivity contribution in [1.82, 2.24) is 0 Å². The van der Waals surface area contributed by atoms with E-state index < -0.39 is 11.9 Å². The number of hydrogen-bond donors (Lipinski definition) is 2. The first-order valence-corrected chi connectivity index (χ1v) is 45.8. The lowest BCUT2D eigenvalue weighted by atomic mass is 9.70. The molecule has 0 aliphatic rings. The summed E-state index contributed by atoms with van der Waals surface area (Å²) < 4.78 is 0. The van der Waals surface area contributed by atoms with E-state index in [1.165, 1.54) is 482 Å². The van der Waals surface area contributed by atoms with Crippen LogP contribution in [0.2, 0.25) is 0 Å². The SMILES string of the molecule is CCCCCCCCCCCCC(CCCCCCCCCCCC)(CCCCCCCCCCCC)CCCCCCCCCCCCCCCCCCCCCCCCCCC(=O)O.CCCCCCCCCCCCCCCCCCCCCCCCCCCC(=O)O. The molecule has 0 bridgehead atoms. The maximum Gasteiger partial charge on any atom is 0.303 e. The van der Waals surface area contributed by atoms with Gasteiger partial charge in [-0.3, -0.25) is 9.59 Å². The van der Waals surface area contributed by atoms with Crippen LogP contribution in [0.3, 0.4) is 0 Å². The average molecular weight is 1350 g/mol. The number of carbonyl (C=O) groups is 2. The highest BCUT2D eigenvalue weighted by Crippen LogP contribution is 2.42. The van der Waals surface area contributed by atoms with E-state index in [0.717, 1.165) is 25.7 Å². The molecule has 2 N–H and O–H groups in total. The van der Waals surface area contributed by atoms with Gasteiger partial charge in [0.05, 0.1) is 0 Å². The molecule has 0 unspecified atom stereocenters. The number of aliphatic carboxylic acids is 2. The van der Waals surface area contributed by atoms with Crippen LogP contribution in [0.15, 0.2) is 0 Å². The van der Waals surface area contributed by atoms with E-state index in [2.05, 4.69) is 27.7 Å². The van der Waals surface area contributed by atoms with Crippen LogP contribution in [-0.2, 0) is 9.59 Å². The standard InChI is InChI=1S/C64H128O2.C28H56O2/c1-4-7-10-13-16-19-39-44-49-54-59-64(60-55-50-45-40-20-17-14-11-8-5-2,61-56-51-46-41-21-18-15-12-9-6-3)62-57-52-47-42-37-35-33-31-29-27-25-23-22-24-26-28-30-32-34-36-38-43-48-53-58-63(65)66;1-2-3-4-5-6-7-8-9-10-11-12-13-14-15-16-17-18-19-20-21-22-23-24-25-26-27-28(29)30/h4-62H2,1-3H3,(H,65,66);2-27H2,1H3,(H,29,30). The lowest BCUT2D eigenvalue weighted by Gasteiger charge is -2.35. The number of unbranched alkanes of at least 4 members (excludes halogenated alkanes) is 74. The van der Waals surface area contributed by atoms with E-state index in [0.29, 0.717) is 18.3 Å². The summed E-state index contributed by atoms with van der Waals surface area (Å²) in [5, 5.41) is 17.3. The second-order valence-electron chi connectivity index (χ2n) is 32.3. The molecule has 0 aromatic heterocycles. The van der Waals surface area contributed by atoms with Crippen LogP contribution < -0.4 is 0 Å². The van der Waals surface area contributed by atoms with Gasteiger partial charge in [-0.25, -0.2) is 0 Å². The number of hydrogen-bond acceptors (Lipinski definition) is 2. The highest BCUT2D eigenvalue weighted by atomic mass is 16.4. The van der Waals surface area contributed by atoms with Crippen molar-refractivity contribution in [2.45, 2.75) is 573 Å². The van der Waals surface area contributed by atoms with Crippen LogP contribution in [-0.4, -0.2) is 22.2 Å². The first kappa shape index (κ1) is 97.0. The summed E-state index contributed by atoms with van der Waals surface area (Å²) in [6.07, 6.45) is 119. The van der Waals surface area contributed by atoms with Crippen molar-refractivity contribution in [3.8, 4) is 0 Å². The molecule has 0 aliphatic heterocycles. The summed E-state index contributed by atoms with van der Waals surface area (Å²) in [6.45, 7) is 9.31. The molecule has 0 saturated carbocycles. The van der Waals surface area contributed by atoms with Gasteiger partial charge < -0.3 is 10.2 Å². The molecule has 96 heavy (non-hydrogen) atoms. The zero-order valence-electron chi connectivity index (χ0n) is 67.3. The maximum absolute atomic E-state index is 10.6. The molecule has 4 nitrogen and oxygen atoms in total. The molecule has 0 amide bonds. The molecule has 0 aromatic rings. The van der Waals surface area contributed by atoms with Crippen LogP contribution in [0.5, 0.6) is 0 Å². The van der Waals surface area contributed by atoms with Crippen LogP contribution in [0.4, 0.5) is 0 Å². The van der Waals surface area contributed by atoms with Crippen molar-refractivity contribution < 1.29 is 19.8 Å². The minimum atomic E-state index is -0.649. The number of carboxylic acids is 2. The fourth-order valence-corrected chi connectivity index (χ4v) is 15.8. The summed E-state index contributed by atoms with van der Waals surface area (Å²) in [4.78, 5) is 21.0. The van der Waals surface area contributed by atoms with Crippen LogP contribution in [0.25, 0.3) is 0 Å². The second-order valence-corrected chi connectivity index (χ2v) is 32.3. The summed E-state index contributed by atoms with van der Waals surface area (Å²) in [5.41, 5.74) is 0.648. The topological polar surface area (TPSA) is 74.6 Å². The Morgan fingerprint density at radius 1 is 0.156 bits per heavy atom. The van der Waals surface area contributed by atoms with Gasteiger partial charge in [-0.2, -0.15) is 0 Å². The third-order valence-electron chi connectivity index (χ3n) is 22.5. The van der Waals surface area contributed by atoms with E-state index in [4.69, 9.17) is 10.2 Å². The van der Waals surface area contributed by atoms with Crippen molar-refractivity contribution in [2.24, 2.45) is 5.41 Å². The largest absolute Gasteiger partial charge is 0.481 e. The van der Waals surface area contributed by atoms with Gasteiger partial charge in [0.2, 0.25) is 0 Å². The molecule has 0 aliphatic carbocycles. The molecule has 0 heterocycles. The molecular weight excluding hydrogens is 1170 g/mol. The zero-order valence-corrected chi connectivity index (χ0v) is 67.3. The minimum absolute atomic E-state index is 0.347. The monoisotopic (exact) mass is 1350 g/mol. The van der Waals surface area contributed by atoms with E-state index in [9.17, 15) is 9.59 Å². The normalized spacial score (nSPS) is 11.7. The third-order valence-corrected chi connectivity index (χ3v) is 22.5. The molecule has 0 atom stereocenters. The Kier molecular flexibility index (Phi) is 89.1. The van der Waals surface area contributed by atoms with Crippen molar-refractivity contribution >= 4 is 11.9 Å². The van der Waals surface area contributed by atoms with Crippen molar-refractivity contribution in [1.29, 1.82) is 0 Å². The van der Waals surface area contributed by atoms with Crippen molar-refractivity contribution in [2.75, 3.05) is 0 Å². The van der Waals surface area contributed by atoms with E-state index in [1.807, 2.05) is 0 Å². The lowest BCUT2D eigenvalue weighted by molar-refractivity contribution is -0.138. The molecule has 0 rings (SSSR count). The Morgan fingerprint density at radius 2 is 0.250 bits per heavy atom. The Bertz CT molecular complexity index is 1330. The Balaban J connectivity index is 0. The van der Waals surface area contributed by atoms with Crippen LogP contribution in [0.1, 0.15) is 573 Å². The van der Waals surface area contributed by atoms with Crippen molar-refractivity contribution in [3.63, 3.8) is 0 Å². The van der Waals surface area contributed by atoms with Gasteiger partial charge in [-0.05, 0) is 43.9 Å². The second kappa shape index (κ2) is 88.2. The molecule has 4 heteroatoms. The summed E-state index contributed by atoms with van der Waals surface area (Å²) in [7, 11) is 0. The van der Waals surface area contributed by atoms with Gasteiger partial charge in [-0.1, -0.05) is 522 Å². The van der Waals surface area contributed by atoms with Gasteiger partial charge in [0.1, 0.15) is 0 Å². The minimum Gasteiger partial charge on any atom is -0.481 e. The van der Waals surface area contributed by atoms with Gasteiger partial charge in [0.25, 0.3) is 0 Å². The lowest BCUT2D eigenvalue weighted by Crippen LogP contribution is -2.21. The summed E-state index contributed by atoms with van der Waals surface area (Å²) in [5.74, 6) is -1.29. The van der Waals surface area contributed by atoms with Crippen LogP contribution in [0, 0.1) is 5.41 Å². The summed E-state index contributed by atoms with van der Waals surface area (Å²) in [6, 6.07) is 0. The Morgan fingerprint density at radius 3 is 0.354 bits per heavy atom. The molecule has 0 radical (unpaired) electrons. The van der Waals surface area contributed by atoms with Gasteiger partial charge in [0, 0.05) is 12.8 Å². The maximum atomic E-state index is 10.6. The Labute approximate surface area is 607 Å². The third kappa shape index (κ3) is 87.2. The highest BCUT2D eigenvalue weighted by molar-refractivity contribution is 5.66. The molecule has 0 fully saturated rings. The van der Waals surface area contributed by atoms with Gasteiger partial charge >= 0.3 is 11.9 Å². The number of carboxylic acid groups (broad SMARTS) is 2. The fraction of sp³-hybridized carbons (Fsp3) is 0.978. The van der Waals surface area contributed by atoms with Gasteiger partial charge in [0.15, 0.2) is 0 Å². The first-order chi connectivity index (χ1) is 47.4. The van der Waals surface area contributed by atoms with E-state index >= 15 is 0 Å². The average Bonchev–Trinajstić information content (AvgIpc) is 1.03. The first-order valence-electron chi connectivity index (χ1n) is 45.8. The fourth-order valence-electron chi connectivity index (χ4n) is 15.8. The highest BCUT2D eigenvalue weighted by Gasteiger charge is 2.28. The van der Waals surface area contributed by atoms with Crippen LogP contribution >= 0.6 is 0 Å². The molecular formula is C92H184O4. The zero-order chi connectivity index (χ0) is 69.8. The molecule has 0 spiro atoms. The number of rotatable bonds is 86. The molecule has 0 aromatic carbocycles. The molecule has 576 valence electrons.